The van der Waals surface area contributed by atoms with E-state index in [2.05, 4.69) is 5.32 Å². The first-order chi connectivity index (χ1) is 12.2. The first kappa shape index (κ1) is 16.1. The second kappa shape index (κ2) is 6.84. The third-order valence-corrected chi connectivity index (χ3v) is 6.14. The molecule has 0 saturated heterocycles. The van der Waals surface area contributed by atoms with Crippen LogP contribution in [0.15, 0.2) is 65.3 Å². The monoisotopic (exact) mass is 369 g/mol. The minimum atomic E-state index is -0.743. The standard InChI is InChI=1S/C19H15NO3S2/c21-13(16-7-8-17(25-16)14-5-3-9-23-14)11-20-19(22)18-10-12-4-1-2-6-15(12)24-18/h1-10,13,21H,11H2,(H,20,22). The van der Waals surface area contributed by atoms with Gasteiger partial charge in [-0.3, -0.25) is 4.79 Å². The van der Waals surface area contributed by atoms with Gasteiger partial charge >= 0.3 is 0 Å². The molecule has 126 valence electrons. The molecule has 1 amide bonds. The number of rotatable bonds is 5. The van der Waals surface area contributed by atoms with E-state index in [9.17, 15) is 9.90 Å². The van der Waals surface area contributed by atoms with Crippen molar-refractivity contribution in [3.05, 3.63) is 70.6 Å². The molecule has 0 fully saturated rings. The van der Waals surface area contributed by atoms with Crippen LogP contribution in [0.2, 0.25) is 0 Å². The van der Waals surface area contributed by atoms with E-state index in [4.69, 9.17) is 4.42 Å². The first-order valence-electron chi connectivity index (χ1n) is 7.79. The zero-order chi connectivity index (χ0) is 17.2. The van der Waals surface area contributed by atoms with Crippen molar-refractivity contribution in [3.8, 4) is 10.6 Å². The van der Waals surface area contributed by atoms with E-state index in [1.165, 1.54) is 22.7 Å². The Morgan fingerprint density at radius 2 is 2.00 bits per heavy atom. The van der Waals surface area contributed by atoms with Crippen LogP contribution in [-0.2, 0) is 0 Å². The SMILES string of the molecule is O=C(NCC(O)c1ccc(-c2ccco2)s1)c1cc2ccccc2s1. The smallest absolute Gasteiger partial charge is 0.261 e. The van der Waals surface area contributed by atoms with Crippen LogP contribution >= 0.6 is 22.7 Å². The summed E-state index contributed by atoms with van der Waals surface area (Å²) in [5.41, 5.74) is 0. The van der Waals surface area contributed by atoms with E-state index in [0.29, 0.717) is 4.88 Å². The number of carbonyl (C=O) groups is 1. The molecular weight excluding hydrogens is 354 g/mol. The summed E-state index contributed by atoms with van der Waals surface area (Å²) in [6.45, 7) is 0.172. The van der Waals surface area contributed by atoms with Gasteiger partial charge < -0.3 is 14.8 Å². The molecule has 3 heterocycles. The summed E-state index contributed by atoms with van der Waals surface area (Å²) < 4.78 is 6.44. The number of nitrogens with one attached hydrogen (secondary N) is 1. The van der Waals surface area contributed by atoms with Crippen LogP contribution in [0.5, 0.6) is 0 Å². The van der Waals surface area contributed by atoms with E-state index in [-0.39, 0.29) is 12.5 Å². The molecule has 1 unspecified atom stereocenters. The van der Waals surface area contributed by atoms with Gasteiger partial charge in [-0.2, -0.15) is 0 Å². The number of benzene rings is 1. The molecule has 2 N–H and O–H groups in total. The van der Waals surface area contributed by atoms with Crippen LogP contribution < -0.4 is 5.32 Å². The number of amides is 1. The lowest BCUT2D eigenvalue weighted by molar-refractivity contribution is 0.0922. The van der Waals surface area contributed by atoms with Crippen molar-refractivity contribution in [3.63, 3.8) is 0 Å². The normalized spacial score (nSPS) is 12.4. The van der Waals surface area contributed by atoms with Crippen molar-refractivity contribution in [2.75, 3.05) is 6.54 Å². The van der Waals surface area contributed by atoms with E-state index >= 15 is 0 Å². The highest BCUT2D eigenvalue weighted by Crippen LogP contribution is 2.31. The molecular formula is C19H15NO3S2. The molecule has 4 aromatic rings. The molecule has 0 saturated carbocycles. The Hall–Kier alpha value is -2.41. The van der Waals surface area contributed by atoms with Crippen molar-refractivity contribution < 1.29 is 14.3 Å². The van der Waals surface area contributed by atoms with E-state index < -0.39 is 6.10 Å². The van der Waals surface area contributed by atoms with Crippen molar-refractivity contribution in [1.29, 1.82) is 0 Å². The van der Waals surface area contributed by atoms with E-state index in [0.717, 1.165) is 25.6 Å². The Bertz CT molecular complexity index is 968. The van der Waals surface area contributed by atoms with Gasteiger partial charge in [-0.15, -0.1) is 22.7 Å². The average Bonchev–Trinajstić information content (AvgIpc) is 3.38. The summed E-state index contributed by atoms with van der Waals surface area (Å²) in [7, 11) is 0. The quantitative estimate of drug-likeness (QED) is 0.537. The third-order valence-electron chi connectivity index (χ3n) is 3.82. The molecule has 0 aliphatic carbocycles. The van der Waals surface area contributed by atoms with Gasteiger partial charge in [0, 0.05) is 16.1 Å². The van der Waals surface area contributed by atoms with Crippen molar-refractivity contribution >= 4 is 38.7 Å². The van der Waals surface area contributed by atoms with Gasteiger partial charge in [0.1, 0.15) is 11.9 Å². The number of aliphatic hydroxyl groups excluding tert-OH is 1. The maximum Gasteiger partial charge on any atom is 0.261 e. The molecule has 1 aromatic carbocycles. The molecule has 0 spiro atoms. The minimum absolute atomic E-state index is 0.164. The highest BCUT2D eigenvalue weighted by molar-refractivity contribution is 7.20. The Balaban J connectivity index is 1.41. The maximum atomic E-state index is 12.3. The molecule has 4 nitrogen and oxygen atoms in total. The fourth-order valence-electron chi connectivity index (χ4n) is 2.55. The summed E-state index contributed by atoms with van der Waals surface area (Å²) >= 11 is 2.91. The largest absolute Gasteiger partial charge is 0.464 e. The Morgan fingerprint density at radius 1 is 1.12 bits per heavy atom. The Kier molecular flexibility index (Phi) is 4.40. The summed E-state index contributed by atoms with van der Waals surface area (Å²) in [5, 5.41) is 14.2. The van der Waals surface area contributed by atoms with E-state index in [1.54, 1.807) is 6.26 Å². The molecule has 0 bridgehead atoms. The highest BCUT2D eigenvalue weighted by Gasteiger charge is 2.15. The lowest BCUT2D eigenvalue weighted by Crippen LogP contribution is -2.27. The summed E-state index contributed by atoms with van der Waals surface area (Å²) in [5.74, 6) is 0.612. The second-order valence-electron chi connectivity index (χ2n) is 5.55. The number of furan rings is 1. The molecule has 0 aliphatic rings. The lowest BCUT2D eigenvalue weighted by Gasteiger charge is -2.09. The van der Waals surface area contributed by atoms with Gasteiger partial charge in [0.2, 0.25) is 0 Å². The van der Waals surface area contributed by atoms with Gasteiger partial charge in [-0.1, -0.05) is 18.2 Å². The van der Waals surface area contributed by atoms with Crippen molar-refractivity contribution in [2.45, 2.75) is 6.10 Å². The number of carbonyl (C=O) groups excluding carboxylic acids is 1. The van der Waals surface area contributed by atoms with Crippen LogP contribution in [0.25, 0.3) is 20.7 Å². The summed E-state index contributed by atoms with van der Waals surface area (Å²) in [4.78, 5) is 14.7. The topological polar surface area (TPSA) is 62.5 Å². The van der Waals surface area contributed by atoms with Crippen molar-refractivity contribution in [1.82, 2.24) is 5.32 Å². The van der Waals surface area contributed by atoms with Gasteiger partial charge in [-0.25, -0.2) is 0 Å². The Labute approximate surface area is 152 Å². The first-order valence-corrected chi connectivity index (χ1v) is 9.42. The number of hydrogen-bond donors (Lipinski definition) is 2. The van der Waals surface area contributed by atoms with Gasteiger partial charge in [0.15, 0.2) is 0 Å². The van der Waals surface area contributed by atoms with Crippen LogP contribution in [0.4, 0.5) is 0 Å². The molecule has 3 aromatic heterocycles. The molecule has 0 radical (unpaired) electrons. The molecule has 0 aliphatic heterocycles. The minimum Gasteiger partial charge on any atom is -0.464 e. The predicted octanol–water partition coefficient (Wildman–Crippen LogP) is 4.69. The van der Waals surface area contributed by atoms with Gasteiger partial charge in [0.05, 0.1) is 16.0 Å². The number of hydrogen-bond acceptors (Lipinski definition) is 5. The average molecular weight is 369 g/mol. The third kappa shape index (κ3) is 3.37. The summed E-state index contributed by atoms with van der Waals surface area (Å²) in [6, 6.07) is 17.2. The predicted molar refractivity (Wildman–Crippen MR) is 101 cm³/mol. The summed E-state index contributed by atoms with van der Waals surface area (Å²) in [6.07, 6.45) is 0.878. The fraction of sp³-hybridized carbons (Fsp3) is 0.105. The Morgan fingerprint density at radius 3 is 2.80 bits per heavy atom. The highest BCUT2D eigenvalue weighted by atomic mass is 32.1. The number of aliphatic hydroxyl groups is 1. The molecule has 25 heavy (non-hydrogen) atoms. The fourth-order valence-corrected chi connectivity index (χ4v) is 4.50. The van der Waals surface area contributed by atoms with Crippen LogP contribution in [0.3, 0.4) is 0 Å². The molecule has 1 atom stereocenters. The van der Waals surface area contributed by atoms with Crippen LogP contribution in [0.1, 0.15) is 20.7 Å². The van der Waals surface area contributed by atoms with Crippen LogP contribution in [-0.4, -0.2) is 17.6 Å². The number of fused-ring (bicyclic) bond motifs is 1. The van der Waals surface area contributed by atoms with Crippen LogP contribution in [0, 0.1) is 0 Å². The zero-order valence-corrected chi connectivity index (χ0v) is 14.8. The maximum absolute atomic E-state index is 12.3. The van der Waals surface area contributed by atoms with E-state index in [1.807, 2.05) is 54.6 Å². The van der Waals surface area contributed by atoms with Gasteiger partial charge in [-0.05, 0) is 41.8 Å². The lowest BCUT2D eigenvalue weighted by atomic mass is 10.2. The van der Waals surface area contributed by atoms with Crippen molar-refractivity contribution in [2.24, 2.45) is 0 Å². The zero-order valence-electron chi connectivity index (χ0n) is 13.1. The molecule has 4 rings (SSSR count). The second-order valence-corrected chi connectivity index (χ2v) is 7.75. The number of thiophene rings is 2. The van der Waals surface area contributed by atoms with Gasteiger partial charge in [0.25, 0.3) is 5.91 Å². The molecule has 6 heteroatoms.